The number of rotatable bonds is 6. The number of carboxylic acids is 1. The largest absolute Gasteiger partial charge is 0.497 e. The van der Waals surface area contributed by atoms with Gasteiger partial charge in [0, 0.05) is 17.3 Å². The Morgan fingerprint density at radius 2 is 2.00 bits per heavy atom. The van der Waals surface area contributed by atoms with Crippen LogP contribution in [-0.4, -0.2) is 48.4 Å². The predicted molar refractivity (Wildman–Crippen MR) is 104 cm³/mol. The van der Waals surface area contributed by atoms with Crippen molar-refractivity contribution in [3.05, 3.63) is 46.1 Å². The van der Waals surface area contributed by atoms with Gasteiger partial charge in [0.2, 0.25) is 0 Å². The molecule has 9 heteroatoms. The number of fused-ring (bicyclic) bond motifs is 1. The average molecular weight is 404 g/mol. The monoisotopic (exact) mass is 404 g/mol. The van der Waals surface area contributed by atoms with Crippen molar-refractivity contribution in [3.8, 4) is 11.5 Å². The lowest BCUT2D eigenvalue weighted by atomic mass is 9.93. The number of aliphatic carboxylic acids is 1. The van der Waals surface area contributed by atoms with Gasteiger partial charge in [0.05, 0.1) is 45.1 Å². The molecule has 2 aliphatic rings. The average Bonchev–Trinajstić information content (AvgIpc) is 3.07. The lowest BCUT2D eigenvalue weighted by molar-refractivity contribution is -0.137. The van der Waals surface area contributed by atoms with Gasteiger partial charge in [-0.2, -0.15) is 0 Å². The van der Waals surface area contributed by atoms with E-state index in [0.717, 1.165) is 0 Å². The molecular formula is C19H20N2O6S. The summed E-state index contributed by atoms with van der Waals surface area (Å²) in [4.78, 5) is 30.2. The summed E-state index contributed by atoms with van der Waals surface area (Å²) in [5.74, 6) is -0.400. The molecule has 1 aromatic carbocycles. The Bertz CT molecular complexity index is 921. The molecule has 0 radical (unpaired) electrons. The van der Waals surface area contributed by atoms with Crippen LogP contribution in [0, 0.1) is 0 Å². The fraction of sp³-hybridized carbons (Fsp3) is 0.316. The Kier molecular flexibility index (Phi) is 5.64. The van der Waals surface area contributed by atoms with Gasteiger partial charge in [0.1, 0.15) is 11.5 Å². The van der Waals surface area contributed by atoms with Crippen molar-refractivity contribution in [1.29, 1.82) is 0 Å². The normalized spacial score (nSPS) is 18.3. The maximum Gasteiger partial charge on any atom is 0.338 e. The molecule has 0 aromatic heterocycles. The number of ether oxygens (including phenoxy) is 3. The van der Waals surface area contributed by atoms with Crippen molar-refractivity contribution in [2.45, 2.75) is 19.4 Å². The van der Waals surface area contributed by atoms with Crippen LogP contribution in [0.1, 0.15) is 24.9 Å². The van der Waals surface area contributed by atoms with E-state index in [1.165, 1.54) is 26.0 Å². The highest BCUT2D eigenvalue weighted by molar-refractivity contribution is 8.16. The topological polar surface area (TPSA) is 97.7 Å². The van der Waals surface area contributed by atoms with Crippen LogP contribution in [0.2, 0.25) is 0 Å². The number of methoxy groups -OCH3 is 3. The van der Waals surface area contributed by atoms with Crippen LogP contribution >= 0.6 is 11.8 Å². The molecule has 1 unspecified atom stereocenters. The van der Waals surface area contributed by atoms with E-state index in [9.17, 15) is 14.7 Å². The number of thioether (sulfide) groups is 1. The van der Waals surface area contributed by atoms with E-state index in [2.05, 4.69) is 4.99 Å². The number of carbonyl (C=O) groups excluding carboxylic acids is 1. The van der Waals surface area contributed by atoms with Gasteiger partial charge in [0.25, 0.3) is 0 Å². The number of amidine groups is 1. The quantitative estimate of drug-likeness (QED) is 0.723. The van der Waals surface area contributed by atoms with Gasteiger partial charge < -0.3 is 24.2 Å². The summed E-state index contributed by atoms with van der Waals surface area (Å²) in [7, 11) is 4.38. The Labute approximate surface area is 166 Å². The molecule has 148 valence electrons. The zero-order valence-electron chi connectivity index (χ0n) is 15.9. The molecule has 0 bridgehead atoms. The Hall–Kier alpha value is -2.94. The number of benzene rings is 1. The van der Waals surface area contributed by atoms with E-state index in [0.29, 0.717) is 39.2 Å². The molecule has 0 saturated heterocycles. The third-order valence-corrected chi connectivity index (χ3v) is 5.36. The molecule has 0 amide bonds. The van der Waals surface area contributed by atoms with Crippen LogP contribution in [0.15, 0.2) is 45.6 Å². The molecule has 2 aliphatic heterocycles. The van der Waals surface area contributed by atoms with E-state index in [1.54, 1.807) is 42.5 Å². The molecule has 2 heterocycles. The van der Waals surface area contributed by atoms with Gasteiger partial charge in [-0.3, -0.25) is 4.79 Å². The molecule has 1 N–H and O–H groups in total. The number of aliphatic imine (C=N–C) groups is 1. The van der Waals surface area contributed by atoms with Gasteiger partial charge in [-0.15, -0.1) is 0 Å². The number of carboxylic acid groups (broad SMARTS) is 1. The molecule has 1 aromatic rings. The van der Waals surface area contributed by atoms with Gasteiger partial charge >= 0.3 is 11.9 Å². The molecule has 1 atom stereocenters. The molecule has 0 aliphatic carbocycles. The Morgan fingerprint density at radius 1 is 1.25 bits per heavy atom. The van der Waals surface area contributed by atoms with Crippen molar-refractivity contribution in [3.63, 3.8) is 0 Å². The summed E-state index contributed by atoms with van der Waals surface area (Å²) in [6.07, 6.45) is -0.200. The maximum absolute atomic E-state index is 12.6. The lowest BCUT2D eigenvalue weighted by Crippen LogP contribution is -2.37. The standard InChI is InChI=1S/C19H20N2O6S/c1-10-16(18(24)27-4)17(13-6-5-12(25-2)8-14(13)26-3)21-11(7-15(22)23)9-28-19(21)20-10/h5-6,8-9,17H,7H2,1-4H3,(H,22,23). The maximum atomic E-state index is 12.6. The van der Waals surface area contributed by atoms with E-state index >= 15 is 0 Å². The minimum atomic E-state index is -0.973. The predicted octanol–water partition coefficient (Wildman–Crippen LogP) is 2.93. The van der Waals surface area contributed by atoms with Crippen LogP contribution in [0.4, 0.5) is 0 Å². The number of carbonyl (C=O) groups is 2. The van der Waals surface area contributed by atoms with Gasteiger partial charge in [-0.05, 0) is 24.5 Å². The summed E-state index contributed by atoms with van der Waals surface area (Å²) in [5, 5.41) is 11.6. The number of hydrogen-bond acceptors (Lipinski definition) is 8. The zero-order valence-corrected chi connectivity index (χ0v) is 16.7. The zero-order chi connectivity index (χ0) is 20.4. The van der Waals surface area contributed by atoms with Crippen molar-refractivity contribution in [1.82, 2.24) is 4.90 Å². The molecule has 8 nitrogen and oxygen atoms in total. The van der Waals surface area contributed by atoms with Crippen LogP contribution in [-0.2, 0) is 14.3 Å². The van der Waals surface area contributed by atoms with E-state index < -0.39 is 18.0 Å². The van der Waals surface area contributed by atoms with Crippen molar-refractivity contribution in [2.24, 2.45) is 4.99 Å². The summed E-state index contributed by atoms with van der Waals surface area (Å²) < 4.78 is 15.8. The highest BCUT2D eigenvalue weighted by Gasteiger charge is 2.42. The fourth-order valence-electron chi connectivity index (χ4n) is 3.23. The van der Waals surface area contributed by atoms with E-state index in [4.69, 9.17) is 14.2 Å². The summed E-state index contributed by atoms with van der Waals surface area (Å²) in [5.41, 5.74) is 2.05. The highest BCUT2D eigenvalue weighted by Crippen LogP contribution is 2.47. The molecule has 0 saturated carbocycles. The summed E-state index contributed by atoms with van der Waals surface area (Å²) >= 11 is 1.32. The Morgan fingerprint density at radius 3 is 2.61 bits per heavy atom. The van der Waals surface area contributed by atoms with Crippen LogP contribution in [0.25, 0.3) is 0 Å². The highest BCUT2D eigenvalue weighted by atomic mass is 32.2. The fourth-order valence-corrected chi connectivity index (χ4v) is 4.20. The number of hydrogen-bond donors (Lipinski definition) is 1. The van der Waals surface area contributed by atoms with E-state index in [1.807, 2.05) is 0 Å². The third kappa shape index (κ3) is 3.45. The first-order valence-corrected chi connectivity index (χ1v) is 9.25. The second-order valence-electron chi connectivity index (χ2n) is 6.06. The van der Waals surface area contributed by atoms with Gasteiger partial charge in [-0.1, -0.05) is 11.8 Å². The second kappa shape index (κ2) is 7.97. The summed E-state index contributed by atoms with van der Waals surface area (Å²) in [6.45, 7) is 1.73. The molecule has 3 rings (SSSR count). The molecule has 28 heavy (non-hydrogen) atoms. The van der Waals surface area contributed by atoms with Crippen LogP contribution in [0.3, 0.4) is 0 Å². The number of allylic oxidation sites excluding steroid dienone is 1. The second-order valence-corrected chi connectivity index (χ2v) is 6.90. The minimum Gasteiger partial charge on any atom is -0.497 e. The number of esters is 1. The van der Waals surface area contributed by atoms with Crippen molar-refractivity contribution < 1.29 is 28.9 Å². The smallest absolute Gasteiger partial charge is 0.338 e. The lowest BCUT2D eigenvalue weighted by Gasteiger charge is -2.36. The van der Waals surface area contributed by atoms with Crippen LogP contribution in [0.5, 0.6) is 11.5 Å². The van der Waals surface area contributed by atoms with Gasteiger partial charge in [0.15, 0.2) is 5.17 Å². The molecule has 0 spiro atoms. The molecule has 0 fully saturated rings. The van der Waals surface area contributed by atoms with Crippen LogP contribution < -0.4 is 9.47 Å². The minimum absolute atomic E-state index is 0.200. The first-order chi connectivity index (χ1) is 13.4. The van der Waals surface area contributed by atoms with E-state index in [-0.39, 0.29) is 6.42 Å². The SMILES string of the molecule is COC(=O)C1=C(C)N=C2SC=C(CC(=O)O)N2C1c1ccc(OC)cc1OC. The summed E-state index contributed by atoms with van der Waals surface area (Å²) in [6, 6.07) is 4.64. The van der Waals surface area contributed by atoms with Crippen molar-refractivity contribution in [2.75, 3.05) is 21.3 Å². The van der Waals surface area contributed by atoms with Crippen molar-refractivity contribution >= 4 is 28.9 Å². The molecular weight excluding hydrogens is 384 g/mol. The first-order valence-electron chi connectivity index (χ1n) is 8.37. The van der Waals surface area contributed by atoms with Gasteiger partial charge in [-0.25, -0.2) is 9.79 Å². The third-order valence-electron chi connectivity index (χ3n) is 4.47. The first kappa shape index (κ1) is 19.8. The number of nitrogens with zero attached hydrogens (tertiary/aromatic N) is 2. The Balaban J connectivity index is 2.20.